The number of halogens is 1. The zero-order chi connectivity index (χ0) is 18.8. The summed E-state index contributed by atoms with van der Waals surface area (Å²) in [5.41, 5.74) is 0. The molecule has 1 amide bonds. The van der Waals surface area contributed by atoms with Crippen molar-refractivity contribution < 1.29 is 14.3 Å². The van der Waals surface area contributed by atoms with Gasteiger partial charge in [0.25, 0.3) is 0 Å². The molecule has 2 fully saturated rings. The molecule has 27 heavy (non-hydrogen) atoms. The summed E-state index contributed by atoms with van der Waals surface area (Å²) in [6.07, 6.45) is 1.14. The number of carbonyl (C=O) groups is 1. The molecule has 0 saturated carbocycles. The molecule has 0 radical (unpaired) electrons. The molecule has 1 unspecified atom stereocenters. The average molecular weight is 497 g/mol. The van der Waals surface area contributed by atoms with E-state index in [1.807, 2.05) is 11.9 Å². The lowest BCUT2D eigenvalue weighted by molar-refractivity contribution is -0.130. The first-order chi connectivity index (χ1) is 12.6. The van der Waals surface area contributed by atoms with Gasteiger partial charge in [0.2, 0.25) is 5.91 Å². The minimum absolute atomic E-state index is 0. The van der Waals surface area contributed by atoms with Gasteiger partial charge in [-0.25, -0.2) is 0 Å². The van der Waals surface area contributed by atoms with Gasteiger partial charge < -0.3 is 24.6 Å². The molecule has 158 valence electrons. The number of rotatable bonds is 8. The van der Waals surface area contributed by atoms with Crippen LogP contribution < -0.4 is 5.32 Å². The molecule has 1 N–H and O–H groups in total. The van der Waals surface area contributed by atoms with Gasteiger partial charge in [0, 0.05) is 79.4 Å². The van der Waals surface area contributed by atoms with Gasteiger partial charge in [-0.3, -0.25) is 14.7 Å². The fraction of sp³-hybridized carbons (Fsp3) is 0.889. The Morgan fingerprint density at radius 2 is 1.89 bits per heavy atom. The molecule has 9 heteroatoms. The van der Waals surface area contributed by atoms with E-state index in [0.29, 0.717) is 19.1 Å². The van der Waals surface area contributed by atoms with Crippen LogP contribution in [0.25, 0.3) is 0 Å². The topological polar surface area (TPSA) is 69.6 Å². The van der Waals surface area contributed by atoms with Crippen LogP contribution in [0.15, 0.2) is 4.99 Å². The molecule has 2 rings (SSSR count). The van der Waals surface area contributed by atoms with E-state index in [9.17, 15) is 4.79 Å². The maximum Gasteiger partial charge on any atom is 0.219 e. The minimum Gasteiger partial charge on any atom is -0.382 e. The maximum absolute atomic E-state index is 11.4. The molecular formula is C18H36IN5O3. The summed E-state index contributed by atoms with van der Waals surface area (Å²) in [5.74, 6) is 1.72. The van der Waals surface area contributed by atoms with Gasteiger partial charge in [-0.1, -0.05) is 0 Å². The van der Waals surface area contributed by atoms with E-state index in [4.69, 9.17) is 9.47 Å². The Kier molecular flexibility index (Phi) is 12.2. The number of hydrogen-bond donors (Lipinski definition) is 1. The number of nitrogens with one attached hydrogen (secondary N) is 1. The Hall–Kier alpha value is -0.650. The molecule has 2 heterocycles. The monoisotopic (exact) mass is 497 g/mol. The zero-order valence-electron chi connectivity index (χ0n) is 17.0. The van der Waals surface area contributed by atoms with Crippen molar-refractivity contribution in [2.75, 3.05) is 86.3 Å². The molecule has 0 aromatic carbocycles. The summed E-state index contributed by atoms with van der Waals surface area (Å²) in [6, 6.07) is 0. The van der Waals surface area contributed by atoms with E-state index in [2.05, 4.69) is 20.1 Å². The van der Waals surface area contributed by atoms with Gasteiger partial charge in [-0.05, 0) is 6.42 Å². The molecule has 2 aliphatic rings. The SMILES string of the molecule is CN=C(NCCN1CCN(C(C)=O)CC1)N1CCC(COCCOC)C1.I. The van der Waals surface area contributed by atoms with Crippen LogP contribution in [0.3, 0.4) is 0 Å². The molecule has 0 bridgehead atoms. The van der Waals surface area contributed by atoms with Crippen LogP contribution >= 0.6 is 24.0 Å². The summed E-state index contributed by atoms with van der Waals surface area (Å²) in [6.45, 7) is 11.2. The Morgan fingerprint density at radius 3 is 2.52 bits per heavy atom. The summed E-state index contributed by atoms with van der Waals surface area (Å²) in [5, 5.41) is 3.48. The summed E-state index contributed by atoms with van der Waals surface area (Å²) in [7, 11) is 3.54. The Bertz CT molecular complexity index is 458. The number of piperazine rings is 1. The number of ether oxygens (including phenoxy) is 2. The first kappa shape index (κ1) is 24.4. The summed E-state index contributed by atoms with van der Waals surface area (Å²) in [4.78, 5) is 22.4. The fourth-order valence-corrected chi connectivity index (χ4v) is 3.50. The highest BCUT2D eigenvalue weighted by atomic mass is 127. The highest BCUT2D eigenvalue weighted by molar-refractivity contribution is 14.0. The van der Waals surface area contributed by atoms with Crippen LogP contribution in [0.4, 0.5) is 0 Å². The first-order valence-corrected chi connectivity index (χ1v) is 9.64. The second kappa shape index (κ2) is 13.5. The zero-order valence-corrected chi connectivity index (χ0v) is 19.3. The van der Waals surface area contributed by atoms with Crippen LogP contribution in [0.1, 0.15) is 13.3 Å². The predicted octanol–water partition coefficient (Wildman–Crippen LogP) is 0.329. The van der Waals surface area contributed by atoms with Crippen molar-refractivity contribution in [3.8, 4) is 0 Å². The van der Waals surface area contributed by atoms with Crippen molar-refractivity contribution in [2.45, 2.75) is 13.3 Å². The summed E-state index contributed by atoms with van der Waals surface area (Å²) >= 11 is 0. The van der Waals surface area contributed by atoms with Gasteiger partial charge in [-0.2, -0.15) is 0 Å². The molecule has 8 nitrogen and oxygen atoms in total. The highest BCUT2D eigenvalue weighted by Crippen LogP contribution is 2.16. The number of hydrogen-bond acceptors (Lipinski definition) is 5. The molecule has 0 aromatic heterocycles. The number of carbonyl (C=O) groups excluding carboxylic acids is 1. The lowest BCUT2D eigenvalue weighted by Crippen LogP contribution is -2.50. The van der Waals surface area contributed by atoms with Gasteiger partial charge >= 0.3 is 0 Å². The van der Waals surface area contributed by atoms with Gasteiger partial charge in [0.15, 0.2) is 5.96 Å². The van der Waals surface area contributed by atoms with Crippen LogP contribution in [-0.2, 0) is 14.3 Å². The van der Waals surface area contributed by atoms with Crippen molar-refractivity contribution in [2.24, 2.45) is 10.9 Å². The molecule has 0 aromatic rings. The van der Waals surface area contributed by atoms with E-state index < -0.39 is 0 Å². The van der Waals surface area contributed by atoms with Gasteiger partial charge in [-0.15, -0.1) is 24.0 Å². The van der Waals surface area contributed by atoms with Crippen LogP contribution in [0, 0.1) is 5.92 Å². The average Bonchev–Trinajstić information content (AvgIpc) is 3.11. The molecule has 2 aliphatic heterocycles. The third-order valence-electron chi connectivity index (χ3n) is 5.11. The molecule has 0 aliphatic carbocycles. The predicted molar refractivity (Wildman–Crippen MR) is 118 cm³/mol. The van der Waals surface area contributed by atoms with E-state index >= 15 is 0 Å². The highest BCUT2D eigenvalue weighted by Gasteiger charge is 2.25. The second-order valence-corrected chi connectivity index (χ2v) is 6.99. The fourth-order valence-electron chi connectivity index (χ4n) is 3.50. The number of likely N-dealkylation sites (tertiary alicyclic amines) is 1. The Balaban J connectivity index is 0.00000364. The number of methoxy groups -OCH3 is 1. The standard InChI is InChI=1S/C18H35N5O3.HI/c1-16(24)22-10-8-21(9-11-22)7-5-20-18(19-2)23-6-4-17(14-23)15-26-13-12-25-3;/h17H,4-15H2,1-3H3,(H,19,20);1H. The van der Waals surface area contributed by atoms with Crippen molar-refractivity contribution in [1.29, 1.82) is 0 Å². The third-order valence-corrected chi connectivity index (χ3v) is 5.11. The van der Waals surface area contributed by atoms with Crippen LogP contribution in [0.5, 0.6) is 0 Å². The van der Waals surface area contributed by atoms with Gasteiger partial charge in [0.05, 0.1) is 19.8 Å². The quantitative estimate of drug-likeness (QED) is 0.226. The third kappa shape index (κ3) is 8.49. The van der Waals surface area contributed by atoms with Crippen molar-refractivity contribution in [3.63, 3.8) is 0 Å². The van der Waals surface area contributed by atoms with Crippen molar-refractivity contribution >= 4 is 35.8 Å². The number of guanidine groups is 1. The lowest BCUT2D eigenvalue weighted by Gasteiger charge is -2.34. The largest absolute Gasteiger partial charge is 0.382 e. The molecule has 1 atom stereocenters. The molecule has 0 spiro atoms. The number of aliphatic imine (C=N–C) groups is 1. The molecular weight excluding hydrogens is 461 g/mol. The summed E-state index contributed by atoms with van der Waals surface area (Å²) < 4.78 is 10.7. The number of nitrogens with zero attached hydrogens (tertiary/aromatic N) is 4. The first-order valence-electron chi connectivity index (χ1n) is 9.64. The molecule has 2 saturated heterocycles. The van der Waals surface area contributed by atoms with Crippen LogP contribution in [-0.4, -0.2) is 113 Å². The van der Waals surface area contributed by atoms with Gasteiger partial charge in [0.1, 0.15) is 0 Å². The smallest absolute Gasteiger partial charge is 0.219 e. The van der Waals surface area contributed by atoms with Crippen molar-refractivity contribution in [1.82, 2.24) is 20.0 Å². The maximum atomic E-state index is 11.4. The van der Waals surface area contributed by atoms with Crippen LogP contribution in [0.2, 0.25) is 0 Å². The minimum atomic E-state index is 0. The number of amides is 1. The lowest BCUT2D eigenvalue weighted by atomic mass is 10.1. The van der Waals surface area contributed by atoms with E-state index in [0.717, 1.165) is 71.3 Å². The van der Waals surface area contributed by atoms with Crippen molar-refractivity contribution in [3.05, 3.63) is 0 Å². The van der Waals surface area contributed by atoms with E-state index in [1.165, 1.54) is 0 Å². The Labute approximate surface area is 180 Å². The Morgan fingerprint density at radius 1 is 1.15 bits per heavy atom. The van der Waals surface area contributed by atoms with E-state index in [1.54, 1.807) is 14.0 Å². The van der Waals surface area contributed by atoms with E-state index in [-0.39, 0.29) is 29.9 Å². The normalized spacial score (nSPS) is 21.3. The second-order valence-electron chi connectivity index (χ2n) is 6.99.